The third kappa shape index (κ3) is 4.50. The molecule has 21 heavy (non-hydrogen) atoms. The molecule has 0 unspecified atom stereocenters. The van der Waals surface area contributed by atoms with Crippen LogP contribution in [0.15, 0.2) is 24.3 Å². The number of para-hydroxylation sites is 1. The Balaban J connectivity index is 3.14. The van der Waals surface area contributed by atoms with Crippen molar-refractivity contribution in [1.29, 1.82) is 0 Å². The van der Waals surface area contributed by atoms with Crippen molar-refractivity contribution in [3.05, 3.63) is 39.9 Å². The van der Waals surface area contributed by atoms with Crippen molar-refractivity contribution in [2.24, 2.45) is 0 Å². The molecule has 1 rings (SSSR count). The van der Waals surface area contributed by atoms with E-state index in [9.17, 15) is 23.3 Å². The minimum absolute atomic E-state index is 0.0264. The normalized spacial score (nSPS) is 11.8. The number of nitro benzene ring substituents is 1. The Hall–Kier alpha value is -2.00. The quantitative estimate of drug-likeness (QED) is 0.597. The molecule has 0 aromatic heterocycles. The van der Waals surface area contributed by atoms with Gasteiger partial charge in [-0.25, -0.2) is 8.42 Å². The summed E-state index contributed by atoms with van der Waals surface area (Å²) in [7, 11) is -3.98. The summed E-state index contributed by atoms with van der Waals surface area (Å²) in [5.74, 6) is -1.90. The summed E-state index contributed by atoms with van der Waals surface area (Å²) in [6.45, 7) is 2.40. The first-order chi connectivity index (χ1) is 9.65. The number of sulfonamides is 1. The lowest BCUT2D eigenvalue weighted by Gasteiger charge is -2.24. The smallest absolute Gasteiger partial charge is 0.318 e. The number of nitro groups is 1. The van der Waals surface area contributed by atoms with E-state index < -0.39 is 39.3 Å². The van der Waals surface area contributed by atoms with Gasteiger partial charge in [-0.05, 0) is 13.8 Å². The molecule has 0 spiro atoms. The molecule has 0 bridgehead atoms. The second-order valence-corrected chi connectivity index (χ2v) is 6.60. The molecule has 0 heterocycles. The van der Waals surface area contributed by atoms with Crippen molar-refractivity contribution in [2.75, 3.05) is 6.54 Å². The Labute approximate surface area is 122 Å². The molecule has 0 fully saturated rings. The Morgan fingerprint density at radius 3 is 2.43 bits per heavy atom. The third-order valence-electron chi connectivity index (χ3n) is 2.75. The molecule has 0 aliphatic rings. The van der Waals surface area contributed by atoms with E-state index >= 15 is 0 Å². The molecule has 0 saturated carbocycles. The van der Waals surface area contributed by atoms with E-state index in [0.717, 1.165) is 4.31 Å². The molecule has 8 nitrogen and oxygen atoms in total. The van der Waals surface area contributed by atoms with E-state index in [1.54, 1.807) is 13.8 Å². The largest absolute Gasteiger partial charge is 0.480 e. The Kier molecular flexibility index (Phi) is 5.39. The molecule has 116 valence electrons. The third-order valence-corrected chi connectivity index (χ3v) is 4.69. The molecular formula is C12H16N2O6S. The van der Waals surface area contributed by atoms with Crippen molar-refractivity contribution < 1.29 is 23.2 Å². The number of benzene rings is 1. The van der Waals surface area contributed by atoms with E-state index in [1.165, 1.54) is 24.3 Å². The van der Waals surface area contributed by atoms with E-state index in [1.807, 2.05) is 0 Å². The van der Waals surface area contributed by atoms with Gasteiger partial charge in [0.25, 0.3) is 5.69 Å². The second-order valence-electron chi connectivity index (χ2n) is 4.67. The topological polar surface area (TPSA) is 118 Å². The zero-order valence-electron chi connectivity index (χ0n) is 11.6. The van der Waals surface area contributed by atoms with Gasteiger partial charge < -0.3 is 5.11 Å². The number of carboxylic acids is 1. The molecule has 1 aromatic carbocycles. The first-order valence-electron chi connectivity index (χ1n) is 6.08. The first kappa shape index (κ1) is 17.1. The van der Waals surface area contributed by atoms with Gasteiger partial charge in [0, 0.05) is 17.7 Å². The fourth-order valence-electron chi connectivity index (χ4n) is 1.83. The molecule has 0 aliphatic heterocycles. The lowest BCUT2D eigenvalue weighted by molar-refractivity contribution is -0.385. The molecule has 0 amide bonds. The summed E-state index contributed by atoms with van der Waals surface area (Å²) in [6, 6.07) is 4.92. The molecular weight excluding hydrogens is 300 g/mol. The maximum absolute atomic E-state index is 12.3. The van der Waals surface area contributed by atoms with Crippen LogP contribution >= 0.6 is 0 Å². The van der Waals surface area contributed by atoms with Crippen LogP contribution < -0.4 is 0 Å². The van der Waals surface area contributed by atoms with Crippen LogP contribution in [0.2, 0.25) is 0 Å². The van der Waals surface area contributed by atoms with Crippen LogP contribution in [0.4, 0.5) is 5.69 Å². The summed E-state index contributed by atoms with van der Waals surface area (Å²) in [5.41, 5.74) is -0.279. The summed E-state index contributed by atoms with van der Waals surface area (Å²) < 4.78 is 25.4. The van der Waals surface area contributed by atoms with E-state index in [4.69, 9.17) is 5.11 Å². The highest BCUT2D eigenvalue weighted by Crippen LogP contribution is 2.22. The fraction of sp³-hybridized carbons (Fsp3) is 0.417. The van der Waals surface area contributed by atoms with Gasteiger partial charge in [-0.1, -0.05) is 18.2 Å². The maximum Gasteiger partial charge on any atom is 0.318 e. The summed E-state index contributed by atoms with van der Waals surface area (Å²) in [6.07, 6.45) is 0. The number of nitrogens with zero attached hydrogens (tertiary/aromatic N) is 2. The number of hydrogen-bond donors (Lipinski definition) is 1. The minimum atomic E-state index is -3.98. The van der Waals surface area contributed by atoms with Crippen LogP contribution in [0.3, 0.4) is 0 Å². The Morgan fingerprint density at radius 2 is 1.95 bits per heavy atom. The van der Waals surface area contributed by atoms with Gasteiger partial charge in [-0.2, -0.15) is 4.31 Å². The Morgan fingerprint density at radius 1 is 1.38 bits per heavy atom. The molecule has 0 radical (unpaired) electrons. The average molecular weight is 316 g/mol. The molecule has 1 N–H and O–H groups in total. The Bertz CT molecular complexity index is 641. The monoisotopic (exact) mass is 316 g/mol. The number of carbonyl (C=O) groups is 1. The van der Waals surface area contributed by atoms with Crippen molar-refractivity contribution >= 4 is 21.7 Å². The van der Waals surface area contributed by atoms with Gasteiger partial charge in [0.2, 0.25) is 10.0 Å². The second kappa shape index (κ2) is 6.64. The number of carboxylic acid groups (broad SMARTS) is 1. The molecule has 0 saturated heterocycles. The van der Waals surface area contributed by atoms with E-state index in [2.05, 4.69) is 0 Å². The zero-order valence-corrected chi connectivity index (χ0v) is 12.4. The predicted octanol–water partition coefficient (Wildman–Crippen LogP) is 1.22. The van der Waals surface area contributed by atoms with E-state index in [0.29, 0.717) is 0 Å². The van der Waals surface area contributed by atoms with Gasteiger partial charge >= 0.3 is 5.97 Å². The van der Waals surface area contributed by atoms with Crippen molar-refractivity contribution in [1.82, 2.24) is 4.31 Å². The van der Waals surface area contributed by atoms with Crippen LogP contribution in [-0.4, -0.2) is 41.3 Å². The van der Waals surface area contributed by atoms with Crippen LogP contribution in [0.1, 0.15) is 19.4 Å². The highest BCUT2D eigenvalue weighted by Gasteiger charge is 2.29. The number of hydrogen-bond acceptors (Lipinski definition) is 5. The van der Waals surface area contributed by atoms with Crippen LogP contribution in [0, 0.1) is 10.1 Å². The van der Waals surface area contributed by atoms with Gasteiger partial charge in [-0.15, -0.1) is 0 Å². The average Bonchev–Trinajstić information content (AvgIpc) is 2.35. The SMILES string of the molecule is CC(C)N(CC(=O)O)S(=O)(=O)Cc1ccccc1[N+](=O)[O-]. The molecule has 9 heteroatoms. The van der Waals surface area contributed by atoms with E-state index in [-0.39, 0.29) is 11.3 Å². The van der Waals surface area contributed by atoms with Crippen LogP contribution in [0.25, 0.3) is 0 Å². The van der Waals surface area contributed by atoms with Crippen LogP contribution in [0.5, 0.6) is 0 Å². The maximum atomic E-state index is 12.3. The summed E-state index contributed by atoms with van der Waals surface area (Å²) >= 11 is 0. The summed E-state index contributed by atoms with van der Waals surface area (Å²) in [4.78, 5) is 21.0. The fourth-order valence-corrected chi connectivity index (χ4v) is 3.58. The number of rotatable bonds is 7. The van der Waals surface area contributed by atoms with Gasteiger partial charge in [0.05, 0.1) is 10.7 Å². The highest BCUT2D eigenvalue weighted by atomic mass is 32.2. The van der Waals surface area contributed by atoms with Gasteiger partial charge in [-0.3, -0.25) is 14.9 Å². The van der Waals surface area contributed by atoms with Crippen LogP contribution in [-0.2, 0) is 20.6 Å². The van der Waals surface area contributed by atoms with Crippen molar-refractivity contribution in [3.63, 3.8) is 0 Å². The number of aliphatic carboxylic acids is 1. The van der Waals surface area contributed by atoms with Crippen molar-refractivity contribution in [2.45, 2.75) is 25.6 Å². The lowest BCUT2D eigenvalue weighted by atomic mass is 10.2. The molecule has 1 aromatic rings. The van der Waals surface area contributed by atoms with Gasteiger partial charge in [0.15, 0.2) is 0 Å². The highest BCUT2D eigenvalue weighted by molar-refractivity contribution is 7.88. The standard InChI is InChI=1S/C12H16N2O6S/c1-9(2)13(7-12(15)16)21(19,20)8-10-5-3-4-6-11(10)14(17)18/h3-6,9H,7-8H2,1-2H3,(H,15,16). The molecule has 0 atom stereocenters. The zero-order chi connectivity index (χ0) is 16.2. The predicted molar refractivity (Wildman–Crippen MR) is 75.2 cm³/mol. The van der Waals surface area contributed by atoms with Gasteiger partial charge in [0.1, 0.15) is 6.54 Å². The molecule has 0 aliphatic carbocycles. The van der Waals surface area contributed by atoms with Crippen molar-refractivity contribution in [3.8, 4) is 0 Å². The summed E-state index contributed by atoms with van der Waals surface area (Å²) in [5, 5.41) is 19.7. The first-order valence-corrected chi connectivity index (χ1v) is 7.69. The minimum Gasteiger partial charge on any atom is -0.480 e. The lowest BCUT2D eigenvalue weighted by Crippen LogP contribution is -2.41.